The first-order valence-electron chi connectivity index (χ1n) is 31.8. The Kier molecular flexibility index (Phi) is 21.7. The number of esters is 2. The van der Waals surface area contributed by atoms with E-state index in [0.717, 1.165) is 89.0 Å². The van der Waals surface area contributed by atoms with Crippen LogP contribution in [0.5, 0.6) is 11.5 Å². The van der Waals surface area contributed by atoms with E-state index in [2.05, 4.69) is 213 Å². The molecule has 0 N–H and O–H groups in total. The first-order valence-corrected chi connectivity index (χ1v) is 39.9. The maximum Gasteiger partial charge on any atom is 0.339 e. The second-order valence-electron chi connectivity index (χ2n) is 24.6. The maximum atomic E-state index is 14.5. The van der Waals surface area contributed by atoms with E-state index >= 15 is 0 Å². The molecule has 15 aliphatic heterocycles. The van der Waals surface area contributed by atoms with Crippen LogP contribution in [0.1, 0.15) is 43.0 Å². The molecule has 0 atom stereocenters. The topological polar surface area (TPSA) is 86.6 Å². The van der Waals surface area contributed by atoms with Crippen molar-refractivity contribution in [2.24, 2.45) is 0 Å². The Balaban J connectivity index is 0.000000424. The van der Waals surface area contributed by atoms with Crippen LogP contribution in [0.15, 0.2) is 256 Å². The van der Waals surface area contributed by atoms with E-state index < -0.39 is 43.2 Å². The number of pyridine rings is 4. The molecular weight excluding hydrogens is 1600 g/mol. The summed E-state index contributed by atoms with van der Waals surface area (Å²) in [5.41, 5.74) is 16.7. The van der Waals surface area contributed by atoms with Gasteiger partial charge in [0.1, 0.15) is 37.9 Å². The zero-order chi connectivity index (χ0) is 80.8. The maximum absolute atomic E-state index is 14.5. The van der Waals surface area contributed by atoms with Crippen LogP contribution < -0.4 is 27.7 Å². The molecule has 38 heteroatoms. The van der Waals surface area contributed by atoms with Crippen LogP contribution >= 0.6 is 31.2 Å². The van der Waals surface area contributed by atoms with Crippen molar-refractivity contribution in [1.29, 1.82) is 0 Å². The normalized spacial score (nSPS) is 15.9. The van der Waals surface area contributed by atoms with Gasteiger partial charge < -0.3 is 18.9 Å². The Morgan fingerprint density at radius 1 is 0.218 bits per heavy atom. The van der Waals surface area contributed by atoms with Crippen molar-refractivity contribution >= 4 is 43.2 Å². The van der Waals surface area contributed by atoms with Gasteiger partial charge in [0.15, 0.2) is 75.8 Å². The van der Waals surface area contributed by atoms with Crippen molar-refractivity contribution in [2.75, 3.05) is 26.4 Å². The molecule has 0 amide bonds. The van der Waals surface area contributed by atoms with Crippen molar-refractivity contribution in [1.82, 2.24) is 0 Å². The molecule has 7 aromatic carbocycles. The molecule has 19 heterocycles. The van der Waals surface area contributed by atoms with Crippen molar-refractivity contribution < 1.29 is 148 Å². The number of carbonyl (C=O) groups excluding carboxylic acids is 2. The SMILES string of the molecule is F[P-](F)(F)(F)(F)F.F[P-](F)(F)(F)(F)F.F[P-](F)(F)(F)(F)F.F[P-](F)(F)(F)(F)F.O=C1OCCOc2ccc(cc2)OCCOC(=O)c2c3cccc2-c2ccc(cc2)C[n+]2ccc(cc2)-c2cc[n+](cc2)Cc2ccc(cc2)-c2cccc(c21)-c1ccc(cc1)C[n+]1ccc(cc1)-c1cc[n+](cc1)Cc1ccc-3cc1. The van der Waals surface area contributed by atoms with Gasteiger partial charge in [0.2, 0.25) is 0 Å². The average molecular weight is 1660 g/mol. The Bertz CT molecular complexity index is 4480. The molecule has 0 fully saturated rings. The van der Waals surface area contributed by atoms with E-state index in [4.69, 9.17) is 18.9 Å². The summed E-state index contributed by atoms with van der Waals surface area (Å²) in [5, 5.41) is 0. The molecule has 11 aromatic rings. The molecule has 20 bridgehead atoms. The third-order valence-corrected chi connectivity index (χ3v) is 15.3. The minimum absolute atomic E-state index is 0.0239. The van der Waals surface area contributed by atoms with E-state index in [1.54, 1.807) is 24.3 Å². The largest absolute Gasteiger partial charge is 0.490 e. The predicted molar refractivity (Wildman–Crippen MR) is 368 cm³/mol. The third-order valence-electron chi connectivity index (χ3n) is 15.3. The fraction of sp³-hybridized carbons (Fsp3) is 0.111. The molecule has 590 valence electrons. The predicted octanol–water partition coefficient (Wildman–Crippen LogP) is 25.7. The zero-order valence-electron chi connectivity index (χ0n) is 56.0. The van der Waals surface area contributed by atoms with Crippen LogP contribution in [0.3, 0.4) is 0 Å². The Labute approximate surface area is 608 Å². The van der Waals surface area contributed by atoms with E-state index in [0.29, 0.717) is 48.8 Å². The summed E-state index contributed by atoms with van der Waals surface area (Å²) in [6, 6.07) is 69.9. The first-order chi connectivity index (χ1) is 50.2. The number of hydrogen-bond acceptors (Lipinski definition) is 6. The number of fused-ring (bicyclic) bond motifs is 5. The van der Waals surface area contributed by atoms with E-state index in [1.165, 1.54) is 0 Å². The number of benzene rings is 7. The van der Waals surface area contributed by atoms with Gasteiger partial charge in [-0.15, -0.1) is 0 Å². The minimum Gasteiger partial charge on any atom is -0.490 e. The summed E-state index contributed by atoms with van der Waals surface area (Å²) >= 11 is 0. The van der Waals surface area contributed by atoms with Crippen LogP contribution in [0.2, 0.25) is 0 Å². The van der Waals surface area contributed by atoms with E-state index in [1.807, 2.05) is 36.4 Å². The van der Waals surface area contributed by atoms with Crippen LogP contribution in [-0.2, 0) is 35.7 Å². The number of ether oxygens (including phenoxy) is 4. The fourth-order valence-corrected chi connectivity index (χ4v) is 10.9. The molecule has 0 spiro atoms. The summed E-state index contributed by atoms with van der Waals surface area (Å²) in [4.78, 5) is 29.0. The Hall–Kier alpha value is -10.3. The standard InChI is InChI=1S/C72H58N4O6.4F6P/c77-71-69-65-3-1-4-66(69)60-17-9-52(10-18-60)48-74-37-29-56(30-38-74)58-33-41-76(42-34-58)50-54-13-21-62(22-14-54)68-6-2-5-67(70(68)72(78)82-46-44-80-64-25-23-63(24-26-64)79-43-45-81-71)61-19-11-53(12-20-61)49-75-39-31-57(32-40-75)55-27-35-73(36-28-55)47-51-7-15-59(65)16-8-51;4*1-7(2,3,4,5)6/h1-42H,43-50H2;;;;/q+4;4*-1. The van der Waals surface area contributed by atoms with Crippen molar-refractivity contribution in [3.8, 4) is 78.3 Å². The molecule has 15 aliphatic rings. The zero-order valence-corrected chi connectivity index (χ0v) is 59.6. The van der Waals surface area contributed by atoms with Gasteiger partial charge >= 0.3 is 144 Å². The number of nitrogens with zero attached hydrogens (tertiary/aromatic N) is 4. The van der Waals surface area contributed by atoms with E-state index in [-0.39, 0.29) is 26.4 Å². The molecule has 0 aliphatic carbocycles. The van der Waals surface area contributed by atoms with Gasteiger partial charge in [-0.2, -0.15) is 0 Å². The minimum atomic E-state index is -10.7. The molecule has 4 aromatic heterocycles. The molecule has 26 rings (SSSR count). The number of rotatable bonds is 0. The summed E-state index contributed by atoms with van der Waals surface area (Å²) in [7, 11) is -42.6. The fourth-order valence-electron chi connectivity index (χ4n) is 10.9. The molecule has 0 saturated carbocycles. The number of carbonyl (C=O) groups is 2. The second kappa shape index (κ2) is 28.5. The van der Waals surface area contributed by atoms with Gasteiger partial charge in [0, 0.05) is 70.8 Å². The summed E-state index contributed by atoms with van der Waals surface area (Å²) in [5.74, 6) is 0.293. The second-order valence-corrected chi connectivity index (χ2v) is 32.2. The molecule has 0 saturated heterocycles. The quantitative estimate of drug-likeness (QED) is 0.0651. The van der Waals surface area contributed by atoms with Crippen LogP contribution in [0, 0.1) is 0 Å². The first kappa shape index (κ1) is 83.8. The van der Waals surface area contributed by atoms with Gasteiger partial charge in [0.25, 0.3) is 0 Å². The molecular formula is C72H58F24N4O6P4. The third kappa shape index (κ3) is 31.7. The number of aromatic nitrogens is 4. The van der Waals surface area contributed by atoms with Gasteiger partial charge in [-0.05, 0) is 91.0 Å². The van der Waals surface area contributed by atoms with Crippen molar-refractivity contribution in [3.63, 3.8) is 0 Å². The summed E-state index contributed by atoms with van der Waals surface area (Å²) < 4.78 is 270. The van der Waals surface area contributed by atoms with Gasteiger partial charge in [0.05, 0.1) is 11.1 Å². The van der Waals surface area contributed by atoms with Crippen molar-refractivity contribution in [2.45, 2.75) is 26.2 Å². The molecule has 110 heavy (non-hydrogen) atoms. The Morgan fingerprint density at radius 2 is 0.391 bits per heavy atom. The monoisotopic (exact) mass is 1650 g/mol. The van der Waals surface area contributed by atoms with Crippen molar-refractivity contribution in [3.05, 3.63) is 289 Å². The molecule has 0 unspecified atom stereocenters. The summed E-state index contributed by atoms with van der Waals surface area (Å²) in [6.07, 6.45) is 16.9. The van der Waals surface area contributed by atoms with E-state index in [9.17, 15) is 110 Å². The Morgan fingerprint density at radius 3 is 0.573 bits per heavy atom. The number of halogens is 24. The van der Waals surface area contributed by atoms with Crippen LogP contribution in [0.4, 0.5) is 101 Å². The average Bonchev–Trinajstić information content (AvgIpc) is 0.819. The summed E-state index contributed by atoms with van der Waals surface area (Å²) in [6.45, 7) is 3.00. The van der Waals surface area contributed by atoms with Crippen LogP contribution in [-0.4, -0.2) is 38.4 Å². The molecule has 0 radical (unpaired) electrons. The van der Waals surface area contributed by atoms with Crippen LogP contribution in [0.25, 0.3) is 66.8 Å². The van der Waals surface area contributed by atoms with Gasteiger partial charge in [-0.3, -0.25) is 0 Å². The smallest absolute Gasteiger partial charge is 0.339 e. The van der Waals surface area contributed by atoms with Gasteiger partial charge in [-0.1, -0.05) is 133 Å². The van der Waals surface area contributed by atoms with Gasteiger partial charge in [-0.25, -0.2) is 27.9 Å². The number of hydrogen-bond donors (Lipinski definition) is 0. The molecule has 10 nitrogen and oxygen atoms in total.